The SMILES string of the molecule is CC(C)c1nc(C2COc3ccccc32)ncc1C(=O)O. The normalized spacial score (nSPS) is 16.6. The van der Waals surface area contributed by atoms with Gasteiger partial charge in [-0.2, -0.15) is 0 Å². The van der Waals surface area contributed by atoms with Crippen molar-refractivity contribution < 1.29 is 14.6 Å². The number of carbonyl (C=O) groups is 1. The molecule has 0 bridgehead atoms. The Kier molecular flexibility index (Phi) is 3.33. The number of aromatic carboxylic acids is 1. The predicted octanol–water partition coefficient (Wildman–Crippen LogP) is 2.82. The van der Waals surface area contributed by atoms with E-state index in [9.17, 15) is 9.90 Å². The topological polar surface area (TPSA) is 72.3 Å². The van der Waals surface area contributed by atoms with Gasteiger partial charge in [-0.15, -0.1) is 0 Å². The molecule has 1 aliphatic heterocycles. The highest BCUT2D eigenvalue weighted by molar-refractivity contribution is 5.88. The molecule has 1 unspecified atom stereocenters. The number of carboxylic acids is 1. The van der Waals surface area contributed by atoms with Crippen molar-refractivity contribution in [3.05, 3.63) is 53.1 Å². The number of nitrogens with zero attached hydrogens (tertiary/aromatic N) is 2. The molecule has 0 radical (unpaired) electrons. The number of fused-ring (bicyclic) bond motifs is 1. The van der Waals surface area contributed by atoms with E-state index in [0.717, 1.165) is 11.3 Å². The molecular formula is C16H16N2O3. The molecule has 21 heavy (non-hydrogen) atoms. The summed E-state index contributed by atoms with van der Waals surface area (Å²) in [6.45, 7) is 4.35. The van der Waals surface area contributed by atoms with Gasteiger partial charge in [-0.25, -0.2) is 14.8 Å². The Morgan fingerprint density at radius 3 is 2.86 bits per heavy atom. The lowest BCUT2D eigenvalue weighted by Crippen LogP contribution is -2.14. The summed E-state index contributed by atoms with van der Waals surface area (Å²) >= 11 is 0. The molecule has 0 saturated heterocycles. The summed E-state index contributed by atoms with van der Waals surface area (Å²) in [7, 11) is 0. The van der Waals surface area contributed by atoms with Gasteiger partial charge in [0.1, 0.15) is 18.2 Å². The summed E-state index contributed by atoms with van der Waals surface area (Å²) in [4.78, 5) is 20.0. The minimum atomic E-state index is -0.992. The average molecular weight is 284 g/mol. The van der Waals surface area contributed by atoms with E-state index in [0.29, 0.717) is 18.1 Å². The molecule has 1 aromatic heterocycles. The summed E-state index contributed by atoms with van der Waals surface area (Å²) < 4.78 is 5.65. The number of hydrogen-bond acceptors (Lipinski definition) is 4. The smallest absolute Gasteiger partial charge is 0.339 e. The quantitative estimate of drug-likeness (QED) is 0.938. The molecule has 108 valence electrons. The van der Waals surface area contributed by atoms with E-state index in [1.807, 2.05) is 38.1 Å². The maximum Gasteiger partial charge on any atom is 0.339 e. The van der Waals surface area contributed by atoms with Crippen LogP contribution in [-0.4, -0.2) is 27.7 Å². The zero-order valence-electron chi connectivity index (χ0n) is 11.9. The summed E-state index contributed by atoms with van der Waals surface area (Å²) in [6.07, 6.45) is 1.40. The van der Waals surface area contributed by atoms with Crippen LogP contribution < -0.4 is 4.74 Å². The van der Waals surface area contributed by atoms with Gasteiger partial charge in [0.15, 0.2) is 0 Å². The highest BCUT2D eigenvalue weighted by atomic mass is 16.5. The van der Waals surface area contributed by atoms with Crippen LogP contribution in [0.4, 0.5) is 0 Å². The highest BCUT2D eigenvalue weighted by Crippen LogP contribution is 2.36. The molecule has 3 rings (SSSR count). The van der Waals surface area contributed by atoms with Gasteiger partial charge >= 0.3 is 5.97 Å². The fourth-order valence-corrected chi connectivity index (χ4v) is 2.56. The summed E-state index contributed by atoms with van der Waals surface area (Å²) in [5, 5.41) is 9.22. The molecule has 0 spiro atoms. The Bertz CT molecular complexity index is 698. The largest absolute Gasteiger partial charge is 0.492 e. The van der Waals surface area contributed by atoms with Crippen LogP contribution in [-0.2, 0) is 0 Å². The van der Waals surface area contributed by atoms with Crippen molar-refractivity contribution in [3.63, 3.8) is 0 Å². The van der Waals surface area contributed by atoms with Crippen LogP contribution in [0.15, 0.2) is 30.5 Å². The van der Waals surface area contributed by atoms with Gasteiger partial charge in [0.25, 0.3) is 0 Å². The van der Waals surface area contributed by atoms with Crippen molar-refractivity contribution in [3.8, 4) is 5.75 Å². The summed E-state index contributed by atoms with van der Waals surface area (Å²) in [5.41, 5.74) is 1.79. The first-order chi connectivity index (χ1) is 10.1. The summed E-state index contributed by atoms with van der Waals surface area (Å²) in [6, 6.07) is 7.80. The molecule has 0 fully saturated rings. The van der Waals surface area contributed by atoms with E-state index >= 15 is 0 Å². The summed E-state index contributed by atoms with van der Waals surface area (Å²) in [5.74, 6) is 0.457. The van der Waals surface area contributed by atoms with E-state index in [1.54, 1.807) is 0 Å². The zero-order valence-corrected chi connectivity index (χ0v) is 11.9. The predicted molar refractivity (Wildman–Crippen MR) is 76.9 cm³/mol. The lowest BCUT2D eigenvalue weighted by atomic mass is 9.99. The number of ether oxygens (including phenoxy) is 1. The second kappa shape index (κ2) is 5.16. The Labute approximate surface area is 122 Å². The maximum absolute atomic E-state index is 11.3. The fraction of sp³-hybridized carbons (Fsp3) is 0.312. The average Bonchev–Trinajstić information content (AvgIpc) is 2.90. The zero-order chi connectivity index (χ0) is 15.0. The standard InChI is InChI=1S/C16H16N2O3/c1-9(2)14-11(16(19)20)7-17-15(18-14)12-8-21-13-6-4-3-5-10(12)13/h3-7,9,12H,8H2,1-2H3,(H,19,20). The van der Waals surface area contributed by atoms with Gasteiger partial charge in [0, 0.05) is 11.8 Å². The van der Waals surface area contributed by atoms with Gasteiger partial charge in [0.2, 0.25) is 0 Å². The van der Waals surface area contributed by atoms with Gasteiger partial charge in [0.05, 0.1) is 17.2 Å². The number of aromatic nitrogens is 2. The molecule has 0 saturated carbocycles. The van der Waals surface area contributed by atoms with E-state index in [2.05, 4.69) is 9.97 Å². The minimum absolute atomic E-state index is 0.0235. The second-order valence-corrected chi connectivity index (χ2v) is 5.39. The van der Waals surface area contributed by atoms with Crippen molar-refractivity contribution in [2.24, 2.45) is 0 Å². The molecule has 1 N–H and O–H groups in total. The number of rotatable bonds is 3. The third-order valence-corrected chi connectivity index (χ3v) is 3.63. The Balaban J connectivity index is 2.05. The van der Waals surface area contributed by atoms with Crippen LogP contribution >= 0.6 is 0 Å². The molecule has 1 aromatic carbocycles. The Morgan fingerprint density at radius 2 is 2.14 bits per heavy atom. The second-order valence-electron chi connectivity index (χ2n) is 5.39. The van der Waals surface area contributed by atoms with E-state index in [4.69, 9.17) is 4.74 Å². The molecule has 2 heterocycles. The van der Waals surface area contributed by atoms with Crippen LogP contribution in [0.2, 0.25) is 0 Å². The minimum Gasteiger partial charge on any atom is -0.492 e. The molecule has 1 aliphatic rings. The number of benzene rings is 1. The monoisotopic (exact) mass is 284 g/mol. The van der Waals surface area contributed by atoms with E-state index < -0.39 is 5.97 Å². The van der Waals surface area contributed by atoms with Crippen LogP contribution in [0, 0.1) is 0 Å². The van der Waals surface area contributed by atoms with Crippen molar-refractivity contribution in [1.29, 1.82) is 0 Å². The number of para-hydroxylation sites is 1. The highest BCUT2D eigenvalue weighted by Gasteiger charge is 2.29. The maximum atomic E-state index is 11.3. The third kappa shape index (κ3) is 2.35. The first-order valence-electron chi connectivity index (χ1n) is 6.89. The molecular weight excluding hydrogens is 268 g/mol. The molecule has 2 aromatic rings. The first-order valence-corrected chi connectivity index (χ1v) is 6.89. The number of hydrogen-bond donors (Lipinski definition) is 1. The Morgan fingerprint density at radius 1 is 1.38 bits per heavy atom. The van der Waals surface area contributed by atoms with Crippen LogP contribution in [0.25, 0.3) is 0 Å². The molecule has 5 heteroatoms. The Hall–Kier alpha value is -2.43. The van der Waals surface area contributed by atoms with E-state index in [-0.39, 0.29) is 17.4 Å². The molecule has 0 aliphatic carbocycles. The van der Waals surface area contributed by atoms with Crippen LogP contribution in [0.3, 0.4) is 0 Å². The number of carboxylic acid groups (broad SMARTS) is 1. The first kappa shape index (κ1) is 13.5. The van der Waals surface area contributed by atoms with Gasteiger partial charge in [-0.3, -0.25) is 0 Å². The fourth-order valence-electron chi connectivity index (χ4n) is 2.56. The van der Waals surface area contributed by atoms with Crippen molar-refractivity contribution in [1.82, 2.24) is 9.97 Å². The molecule has 0 amide bonds. The van der Waals surface area contributed by atoms with Gasteiger partial charge in [-0.1, -0.05) is 32.0 Å². The molecule has 5 nitrogen and oxygen atoms in total. The van der Waals surface area contributed by atoms with Gasteiger partial charge < -0.3 is 9.84 Å². The van der Waals surface area contributed by atoms with Crippen molar-refractivity contribution in [2.45, 2.75) is 25.7 Å². The molecule has 1 atom stereocenters. The van der Waals surface area contributed by atoms with Crippen molar-refractivity contribution in [2.75, 3.05) is 6.61 Å². The van der Waals surface area contributed by atoms with Crippen LogP contribution in [0.5, 0.6) is 5.75 Å². The lowest BCUT2D eigenvalue weighted by Gasteiger charge is -2.13. The third-order valence-electron chi connectivity index (χ3n) is 3.63. The van der Waals surface area contributed by atoms with E-state index in [1.165, 1.54) is 6.20 Å². The van der Waals surface area contributed by atoms with Gasteiger partial charge in [-0.05, 0) is 12.0 Å². The van der Waals surface area contributed by atoms with Crippen LogP contribution in [0.1, 0.15) is 53.1 Å². The lowest BCUT2D eigenvalue weighted by molar-refractivity contribution is 0.0694. The van der Waals surface area contributed by atoms with Crippen molar-refractivity contribution >= 4 is 5.97 Å².